The summed E-state index contributed by atoms with van der Waals surface area (Å²) in [7, 11) is 5.96. The van der Waals surface area contributed by atoms with Gasteiger partial charge in [-0.15, -0.1) is 0 Å². The molecule has 0 aromatic rings. The van der Waals surface area contributed by atoms with Crippen LogP contribution in [-0.2, 0) is 33.3 Å². The number of ether oxygens (including phenoxy) is 4. The molecule has 0 aliphatic heterocycles. The second-order valence-electron chi connectivity index (χ2n) is 29.1. The smallest absolute Gasteiger partial charge is 0.306 e. The molecular weight excluding hydrogens is 1100 g/mol. The predicted octanol–water partition coefficient (Wildman–Crippen LogP) is 24.0. The van der Waals surface area contributed by atoms with Crippen LogP contribution in [0.2, 0.25) is 0 Å². The first-order valence-corrected chi connectivity index (χ1v) is 40.2. The van der Waals surface area contributed by atoms with E-state index in [1.54, 1.807) is 0 Å². The van der Waals surface area contributed by atoms with Crippen LogP contribution in [-0.4, -0.2) is 82.3 Å². The minimum absolute atomic E-state index is 0.154. The third-order valence-corrected chi connectivity index (χ3v) is 18.9. The standard InChI is InChI=1S/C80H157NO8/c1-6-8-10-12-14-16-18-20-22-24-26-28-30-32-34-36-38-39-40-41-43-45-47-49-51-53-55-57-59-61-63-65-67-69-71-78(83)89-76(75-88-80(79(84)85)86-73-72-81(3,4)5)74-87-77(82)70-68-66-64-62-60-58-56-54-52-50-48-46-44-42-37-35-33-31-29-27-25-23-21-19-17-15-13-11-9-7-2/h76,80H,6-75H2,1-5H3. The average molecular weight is 1260 g/mol. The maximum Gasteiger partial charge on any atom is 0.306 e. The molecule has 0 amide bonds. The molecule has 0 aliphatic carbocycles. The summed E-state index contributed by atoms with van der Waals surface area (Å²) in [5.74, 6) is -2.24. The van der Waals surface area contributed by atoms with Crippen LogP contribution in [0.4, 0.5) is 0 Å². The highest BCUT2D eigenvalue weighted by Crippen LogP contribution is 2.21. The molecule has 0 radical (unpaired) electrons. The number of nitrogens with zero attached hydrogens (tertiary/aromatic N) is 1. The van der Waals surface area contributed by atoms with Crippen molar-refractivity contribution in [2.24, 2.45) is 0 Å². The molecule has 0 heterocycles. The lowest BCUT2D eigenvalue weighted by Gasteiger charge is -2.26. The number of carboxylic acids is 1. The van der Waals surface area contributed by atoms with Gasteiger partial charge in [-0.2, -0.15) is 0 Å². The van der Waals surface area contributed by atoms with Crippen LogP contribution in [0.15, 0.2) is 0 Å². The highest BCUT2D eigenvalue weighted by Gasteiger charge is 2.22. The molecule has 9 heteroatoms. The van der Waals surface area contributed by atoms with E-state index >= 15 is 0 Å². The first kappa shape index (κ1) is 87.3. The molecule has 2 unspecified atom stereocenters. The number of hydrogen-bond donors (Lipinski definition) is 0. The van der Waals surface area contributed by atoms with Crippen molar-refractivity contribution >= 4 is 17.9 Å². The Hall–Kier alpha value is -1.71. The molecule has 0 aliphatic rings. The number of carbonyl (C=O) groups is 3. The molecule has 530 valence electrons. The number of aliphatic carboxylic acids is 1. The van der Waals surface area contributed by atoms with Crippen LogP contribution in [0.25, 0.3) is 0 Å². The van der Waals surface area contributed by atoms with Gasteiger partial charge in [0.25, 0.3) is 0 Å². The zero-order chi connectivity index (χ0) is 64.7. The van der Waals surface area contributed by atoms with Gasteiger partial charge in [-0.25, -0.2) is 0 Å². The molecule has 0 saturated heterocycles. The van der Waals surface area contributed by atoms with Crippen LogP contribution in [0.3, 0.4) is 0 Å². The number of unbranched alkanes of at least 4 members (excludes halogenated alkanes) is 62. The summed E-state index contributed by atoms with van der Waals surface area (Å²) in [6, 6.07) is 0. The lowest BCUT2D eigenvalue weighted by atomic mass is 10.0. The van der Waals surface area contributed by atoms with Crippen molar-refractivity contribution in [2.45, 2.75) is 450 Å². The number of esters is 2. The van der Waals surface area contributed by atoms with E-state index in [9.17, 15) is 19.5 Å². The van der Waals surface area contributed by atoms with Gasteiger partial charge < -0.3 is 33.3 Å². The summed E-state index contributed by atoms with van der Waals surface area (Å²) in [5, 5.41) is 11.9. The van der Waals surface area contributed by atoms with Gasteiger partial charge >= 0.3 is 11.9 Å². The maximum atomic E-state index is 13.0. The minimum atomic E-state index is -1.62. The fourth-order valence-corrected chi connectivity index (χ4v) is 12.7. The largest absolute Gasteiger partial charge is 0.545 e. The van der Waals surface area contributed by atoms with Gasteiger partial charge in [0.2, 0.25) is 0 Å². The summed E-state index contributed by atoms with van der Waals surface area (Å²) < 4.78 is 22.9. The van der Waals surface area contributed by atoms with Crippen molar-refractivity contribution in [3.8, 4) is 0 Å². The molecule has 0 fully saturated rings. The van der Waals surface area contributed by atoms with Crippen molar-refractivity contribution in [3.05, 3.63) is 0 Å². The van der Waals surface area contributed by atoms with E-state index in [0.29, 0.717) is 17.4 Å². The Morgan fingerprint density at radius 3 is 0.719 bits per heavy atom. The van der Waals surface area contributed by atoms with E-state index in [4.69, 9.17) is 18.9 Å². The normalized spacial score (nSPS) is 12.5. The number of carboxylic acid groups (broad SMARTS) is 1. The predicted molar refractivity (Wildman–Crippen MR) is 381 cm³/mol. The molecule has 0 spiro atoms. The van der Waals surface area contributed by atoms with Crippen LogP contribution in [0.5, 0.6) is 0 Å². The highest BCUT2D eigenvalue weighted by atomic mass is 16.7. The van der Waals surface area contributed by atoms with E-state index in [2.05, 4.69) is 13.8 Å². The summed E-state index contributed by atoms with van der Waals surface area (Å²) in [6.45, 7) is 4.86. The van der Waals surface area contributed by atoms with Gasteiger partial charge in [0.15, 0.2) is 12.4 Å². The molecule has 0 aromatic heterocycles. The molecule has 89 heavy (non-hydrogen) atoms. The third kappa shape index (κ3) is 73.6. The van der Waals surface area contributed by atoms with Gasteiger partial charge in [0.05, 0.1) is 40.3 Å². The Bertz CT molecular complexity index is 1420. The van der Waals surface area contributed by atoms with E-state index in [-0.39, 0.29) is 32.2 Å². The van der Waals surface area contributed by atoms with E-state index in [1.807, 2.05) is 21.1 Å². The zero-order valence-electron chi connectivity index (χ0n) is 60.9. The summed E-state index contributed by atoms with van der Waals surface area (Å²) in [4.78, 5) is 37.6. The number of quaternary nitrogens is 1. The molecule has 0 rings (SSSR count). The van der Waals surface area contributed by atoms with Crippen molar-refractivity contribution in [1.82, 2.24) is 0 Å². The molecule has 0 bridgehead atoms. The van der Waals surface area contributed by atoms with Crippen molar-refractivity contribution in [1.29, 1.82) is 0 Å². The maximum absolute atomic E-state index is 13.0. The Kier molecular flexibility index (Phi) is 70.7. The second-order valence-corrected chi connectivity index (χ2v) is 29.1. The number of hydrogen-bond acceptors (Lipinski definition) is 8. The molecule has 2 atom stereocenters. The Morgan fingerprint density at radius 2 is 0.506 bits per heavy atom. The molecule has 9 nitrogen and oxygen atoms in total. The SMILES string of the molecule is CCCCCCCCCCCCCCCCCCCCCCCCCCCCCCCCCCCCC(=O)OC(COC(=O)CCCCCCCCCCCCCCCCCCCCCCCCCCCCCCCC)COC(OCC[N+](C)(C)C)C(=O)[O-]. The zero-order valence-corrected chi connectivity index (χ0v) is 60.9. The van der Waals surface area contributed by atoms with Crippen LogP contribution in [0, 0.1) is 0 Å². The fraction of sp³-hybridized carbons (Fsp3) is 0.963. The van der Waals surface area contributed by atoms with Gasteiger partial charge in [-0.1, -0.05) is 412 Å². The molecule has 0 saturated carbocycles. The van der Waals surface area contributed by atoms with Crippen LogP contribution in [0.1, 0.15) is 438 Å². The van der Waals surface area contributed by atoms with E-state index in [0.717, 1.165) is 38.5 Å². The van der Waals surface area contributed by atoms with Crippen LogP contribution >= 0.6 is 0 Å². The minimum Gasteiger partial charge on any atom is -0.545 e. The van der Waals surface area contributed by atoms with Crippen molar-refractivity contribution in [2.75, 3.05) is 47.5 Å². The van der Waals surface area contributed by atoms with Crippen molar-refractivity contribution in [3.63, 3.8) is 0 Å². The average Bonchev–Trinajstić information content (AvgIpc) is 3.63. The van der Waals surface area contributed by atoms with Gasteiger partial charge in [0.1, 0.15) is 13.2 Å². The lowest BCUT2D eigenvalue weighted by molar-refractivity contribution is -0.870. The van der Waals surface area contributed by atoms with Gasteiger partial charge in [-0.3, -0.25) is 9.59 Å². The Morgan fingerprint density at radius 1 is 0.292 bits per heavy atom. The monoisotopic (exact) mass is 1260 g/mol. The Balaban J connectivity index is 3.95. The quantitative estimate of drug-likeness (QED) is 0.0256. The van der Waals surface area contributed by atoms with E-state index < -0.39 is 24.3 Å². The third-order valence-electron chi connectivity index (χ3n) is 18.9. The summed E-state index contributed by atoms with van der Waals surface area (Å²) >= 11 is 0. The molecule has 0 N–H and O–H groups in total. The number of likely N-dealkylation sites (N-methyl/N-ethyl adjacent to an activating group) is 1. The topological polar surface area (TPSA) is 111 Å². The van der Waals surface area contributed by atoms with Gasteiger partial charge in [-0.05, 0) is 12.8 Å². The second kappa shape index (κ2) is 72.1. The van der Waals surface area contributed by atoms with Crippen molar-refractivity contribution < 1.29 is 42.9 Å². The summed E-state index contributed by atoms with van der Waals surface area (Å²) in [5.41, 5.74) is 0. The van der Waals surface area contributed by atoms with Gasteiger partial charge in [0, 0.05) is 12.8 Å². The fourth-order valence-electron chi connectivity index (χ4n) is 12.7. The number of rotatable bonds is 77. The highest BCUT2D eigenvalue weighted by molar-refractivity contribution is 5.70. The lowest BCUT2D eigenvalue weighted by Crippen LogP contribution is -2.44. The first-order chi connectivity index (χ1) is 43.6. The van der Waals surface area contributed by atoms with E-state index in [1.165, 1.54) is 372 Å². The van der Waals surface area contributed by atoms with Crippen LogP contribution < -0.4 is 5.11 Å². The summed E-state index contributed by atoms with van der Waals surface area (Å²) in [6.07, 6.45) is 85.3. The molecular formula is C80H157NO8. The number of carbonyl (C=O) groups excluding carboxylic acids is 3. The Labute approximate surface area is 555 Å². The first-order valence-electron chi connectivity index (χ1n) is 40.2. The molecule has 0 aromatic carbocycles.